The predicted octanol–water partition coefficient (Wildman–Crippen LogP) is 4.91. The highest BCUT2D eigenvalue weighted by Crippen LogP contribution is 2.34. The number of hydrogen-bond donors (Lipinski definition) is 3. The molecule has 2 heterocycles. The van der Waals surface area contributed by atoms with Gasteiger partial charge in [-0.15, -0.1) is 0 Å². The van der Waals surface area contributed by atoms with Gasteiger partial charge in [0.25, 0.3) is 0 Å². The molecule has 0 spiro atoms. The van der Waals surface area contributed by atoms with Gasteiger partial charge < -0.3 is 26.7 Å². The minimum Gasteiger partial charge on any atom is -0.482 e. The average Bonchev–Trinajstić information content (AvgIpc) is 2.94. The zero-order valence-corrected chi connectivity index (χ0v) is 22.3. The molecule has 2 aromatic carbocycles. The van der Waals surface area contributed by atoms with Crippen LogP contribution in [0.15, 0.2) is 87.8 Å². The topological polar surface area (TPSA) is 134 Å². The first-order valence-corrected chi connectivity index (χ1v) is 12.7. The number of nitrogens with zero attached hydrogens (tertiary/aromatic N) is 3. The third-order valence-electron chi connectivity index (χ3n) is 6.34. The Morgan fingerprint density at radius 1 is 1.18 bits per heavy atom. The van der Waals surface area contributed by atoms with Crippen molar-refractivity contribution in [2.75, 3.05) is 19.3 Å². The number of rotatable bonds is 5. The number of nitrogens with two attached hydrogens (primary N) is 3. The molecule has 1 aliphatic heterocycles. The lowest BCUT2D eigenvalue weighted by Gasteiger charge is -2.23. The lowest BCUT2D eigenvalue weighted by Crippen LogP contribution is -2.19. The van der Waals surface area contributed by atoms with Crippen LogP contribution in [0.5, 0.6) is 5.75 Å². The summed E-state index contributed by atoms with van der Waals surface area (Å²) in [4.78, 5) is 13.4. The minimum absolute atomic E-state index is 0.185. The zero-order chi connectivity index (χ0) is 27.9. The number of pyridine rings is 1. The van der Waals surface area contributed by atoms with Gasteiger partial charge in [0.1, 0.15) is 18.5 Å². The fraction of sp³-hybridized carbons (Fsp3) is 0.233. The van der Waals surface area contributed by atoms with Crippen LogP contribution in [-0.4, -0.2) is 30.5 Å². The van der Waals surface area contributed by atoms with Crippen molar-refractivity contribution in [3.8, 4) is 5.75 Å². The highest BCUT2D eigenvalue weighted by Gasteiger charge is 2.24. The van der Waals surface area contributed by atoms with E-state index in [9.17, 15) is 4.39 Å². The molecule has 1 atom stereocenters. The summed E-state index contributed by atoms with van der Waals surface area (Å²) in [6.45, 7) is 4.47. The molecule has 39 heavy (non-hydrogen) atoms. The van der Waals surface area contributed by atoms with Gasteiger partial charge in [-0.25, -0.2) is 9.37 Å². The number of aromatic nitrogens is 1. The highest BCUT2D eigenvalue weighted by atomic mass is 19.1. The fourth-order valence-electron chi connectivity index (χ4n) is 4.41. The van der Waals surface area contributed by atoms with E-state index in [1.54, 1.807) is 38.5 Å². The summed E-state index contributed by atoms with van der Waals surface area (Å²) in [6, 6.07) is 15.9. The summed E-state index contributed by atoms with van der Waals surface area (Å²) in [7, 11) is 1.66. The van der Waals surface area contributed by atoms with Crippen LogP contribution in [0, 0.1) is 5.82 Å². The second kappa shape index (κ2) is 12.3. The predicted molar refractivity (Wildman–Crippen MR) is 154 cm³/mol. The second-order valence-electron chi connectivity index (χ2n) is 9.04. The average molecular weight is 529 g/mol. The van der Waals surface area contributed by atoms with E-state index in [2.05, 4.69) is 9.98 Å². The number of fused-ring (bicyclic) bond motifs is 3. The van der Waals surface area contributed by atoms with Crippen LogP contribution in [0.1, 0.15) is 48.6 Å². The standard InChI is InChI=1S/C30H33FN6O2/c1-4-36-28-21-13-26(29(33)37-16-21)39-18(2)24-14-22(31)10-11-23(24)27(32)20(15-35-3)12-25(28)30(34)38-17-19-8-6-5-7-9-19/h5-11,13-16,18H,4,12,17,32,34H2,1-3H3,(H2,33,37)/t18-/m1/s1. The maximum atomic E-state index is 14.4. The van der Waals surface area contributed by atoms with Crippen molar-refractivity contribution in [3.05, 3.63) is 106 Å². The van der Waals surface area contributed by atoms with Crippen molar-refractivity contribution >= 4 is 23.4 Å². The minimum atomic E-state index is -0.589. The van der Waals surface area contributed by atoms with E-state index >= 15 is 0 Å². The van der Waals surface area contributed by atoms with Gasteiger partial charge in [0.2, 0.25) is 0 Å². The molecular formula is C30H33FN6O2. The van der Waals surface area contributed by atoms with Gasteiger partial charge in [-0.05, 0) is 49.2 Å². The Kier molecular flexibility index (Phi) is 8.60. The zero-order valence-electron chi connectivity index (χ0n) is 22.3. The molecule has 4 rings (SSSR count). The second-order valence-corrected chi connectivity index (χ2v) is 9.04. The summed E-state index contributed by atoms with van der Waals surface area (Å²) < 4.78 is 26.7. The van der Waals surface area contributed by atoms with Crippen molar-refractivity contribution in [2.24, 2.45) is 21.5 Å². The Hall–Kier alpha value is -4.66. The van der Waals surface area contributed by atoms with Gasteiger partial charge in [-0.3, -0.25) is 9.98 Å². The van der Waals surface area contributed by atoms with Crippen LogP contribution in [0.4, 0.5) is 10.2 Å². The molecule has 3 aromatic rings. The molecule has 1 aromatic heterocycles. The molecule has 0 aliphatic carbocycles. The number of benzene rings is 2. The van der Waals surface area contributed by atoms with Gasteiger partial charge in [0.15, 0.2) is 17.5 Å². The molecule has 2 bridgehead atoms. The van der Waals surface area contributed by atoms with Crippen LogP contribution in [0.3, 0.4) is 0 Å². The largest absolute Gasteiger partial charge is 0.482 e. The van der Waals surface area contributed by atoms with Crippen LogP contribution >= 0.6 is 0 Å². The van der Waals surface area contributed by atoms with E-state index in [4.69, 9.17) is 31.7 Å². The molecule has 0 radical (unpaired) electrons. The normalized spacial score (nSPS) is 18.3. The Balaban J connectivity index is 1.97. The van der Waals surface area contributed by atoms with Crippen LogP contribution in [-0.2, 0) is 11.3 Å². The first-order valence-electron chi connectivity index (χ1n) is 12.7. The molecule has 0 unspecified atom stereocenters. The maximum Gasteiger partial charge on any atom is 0.190 e. The van der Waals surface area contributed by atoms with E-state index in [0.29, 0.717) is 51.5 Å². The molecule has 9 heteroatoms. The molecular weight excluding hydrogens is 495 g/mol. The lowest BCUT2D eigenvalue weighted by molar-refractivity contribution is 0.193. The molecule has 0 saturated heterocycles. The number of allylic oxidation sites excluding steroid dienone is 2. The van der Waals surface area contributed by atoms with Crippen LogP contribution in [0.25, 0.3) is 5.70 Å². The van der Waals surface area contributed by atoms with E-state index in [1.165, 1.54) is 12.1 Å². The number of aliphatic imine (C=N–C) groups is 2. The molecule has 0 fully saturated rings. The van der Waals surface area contributed by atoms with Crippen molar-refractivity contribution in [3.63, 3.8) is 0 Å². The fourth-order valence-corrected chi connectivity index (χ4v) is 4.41. The van der Waals surface area contributed by atoms with Crippen molar-refractivity contribution in [2.45, 2.75) is 33.0 Å². The Morgan fingerprint density at radius 2 is 1.95 bits per heavy atom. The number of nitrogen functional groups attached to an aromatic ring is 1. The van der Waals surface area contributed by atoms with E-state index in [0.717, 1.165) is 5.56 Å². The Labute approximate surface area is 227 Å². The molecule has 0 saturated carbocycles. The monoisotopic (exact) mass is 528 g/mol. The number of halogens is 1. The van der Waals surface area contributed by atoms with Crippen LogP contribution in [0.2, 0.25) is 0 Å². The lowest BCUT2D eigenvalue weighted by atomic mass is 9.92. The van der Waals surface area contributed by atoms with E-state index in [-0.39, 0.29) is 24.7 Å². The summed E-state index contributed by atoms with van der Waals surface area (Å²) in [5, 5.41) is 0. The number of hydrogen-bond acceptors (Lipinski definition) is 8. The number of ether oxygens (including phenoxy) is 2. The summed E-state index contributed by atoms with van der Waals surface area (Å²) >= 11 is 0. The highest BCUT2D eigenvalue weighted by molar-refractivity contribution is 6.14. The quantitative estimate of drug-likeness (QED) is 0.318. The summed E-state index contributed by atoms with van der Waals surface area (Å²) in [5.41, 5.74) is 24.5. The maximum absolute atomic E-state index is 14.4. The van der Waals surface area contributed by atoms with Crippen LogP contribution < -0.4 is 21.9 Å². The first kappa shape index (κ1) is 27.4. The van der Waals surface area contributed by atoms with E-state index < -0.39 is 11.9 Å². The van der Waals surface area contributed by atoms with Crippen molar-refractivity contribution in [1.29, 1.82) is 0 Å². The van der Waals surface area contributed by atoms with Gasteiger partial charge in [-0.2, -0.15) is 0 Å². The van der Waals surface area contributed by atoms with E-state index in [1.807, 2.05) is 37.3 Å². The van der Waals surface area contributed by atoms with Crippen molar-refractivity contribution in [1.82, 2.24) is 4.98 Å². The Bertz CT molecular complexity index is 1460. The Morgan fingerprint density at radius 3 is 2.67 bits per heavy atom. The molecule has 0 amide bonds. The van der Waals surface area contributed by atoms with Gasteiger partial charge in [0.05, 0.1) is 5.71 Å². The third kappa shape index (κ3) is 6.26. The van der Waals surface area contributed by atoms with Crippen molar-refractivity contribution < 1.29 is 13.9 Å². The first-order chi connectivity index (χ1) is 18.8. The molecule has 1 aliphatic rings. The van der Waals surface area contributed by atoms with Gasteiger partial charge >= 0.3 is 0 Å². The SMILES string of the molecule is CCN=C1C(=C(N)OCc2ccccc2)CC(C=NC)=C(N)c2ccc(F)cc2[C@@H](C)Oc2cc1cnc2N. The number of anilines is 1. The molecule has 6 N–H and O–H groups in total. The van der Waals surface area contributed by atoms with Gasteiger partial charge in [-0.1, -0.05) is 30.3 Å². The molecule has 202 valence electrons. The third-order valence-corrected chi connectivity index (χ3v) is 6.34. The summed E-state index contributed by atoms with van der Waals surface area (Å²) in [6.07, 6.45) is 2.94. The molecule has 8 nitrogen and oxygen atoms in total. The summed E-state index contributed by atoms with van der Waals surface area (Å²) in [5.74, 6) is 0.300. The van der Waals surface area contributed by atoms with Gasteiger partial charge in [0, 0.05) is 60.4 Å². The smallest absolute Gasteiger partial charge is 0.190 e.